The van der Waals surface area contributed by atoms with Crippen molar-refractivity contribution in [1.82, 2.24) is 24.8 Å². The smallest absolute Gasteiger partial charge is 0.256 e. The molecule has 0 saturated heterocycles. The van der Waals surface area contributed by atoms with Gasteiger partial charge < -0.3 is 20.2 Å². The number of rotatable bonds is 8. The van der Waals surface area contributed by atoms with Crippen LogP contribution in [-0.4, -0.2) is 71.3 Å². The molecular formula is C21H28N6O2. The normalized spacial score (nSPS) is 11.2. The van der Waals surface area contributed by atoms with Crippen molar-refractivity contribution in [3.63, 3.8) is 0 Å². The highest BCUT2D eigenvalue weighted by Gasteiger charge is 2.21. The van der Waals surface area contributed by atoms with Crippen LogP contribution in [0.1, 0.15) is 21.6 Å². The minimum Gasteiger partial charge on any atom is -0.492 e. The Bertz CT molecular complexity index is 984. The number of hydrogen-bond donors (Lipinski definition) is 2. The number of aromatic hydroxyl groups is 1. The maximum Gasteiger partial charge on any atom is 0.256 e. The van der Waals surface area contributed by atoms with Gasteiger partial charge in [-0.05, 0) is 33.0 Å². The maximum atomic E-state index is 12.6. The number of carbonyl (C=O) groups is 1. The standard InChI is InChI=1S/C21H28N6O2/c1-15-18(26(4)13-12-25(2)3)21(29)27-19(24-15)17(14-23-27)20(28)22-11-10-16-8-6-5-7-9-16/h5-9,14,29H,10-13H2,1-4H3,(H,22,28). The molecule has 0 bridgehead atoms. The third kappa shape index (κ3) is 4.65. The summed E-state index contributed by atoms with van der Waals surface area (Å²) in [6.45, 7) is 3.89. The minimum atomic E-state index is -0.254. The Labute approximate surface area is 170 Å². The first kappa shape index (κ1) is 20.6. The topological polar surface area (TPSA) is 86.0 Å². The predicted octanol–water partition coefficient (Wildman–Crippen LogP) is 1.71. The molecule has 154 valence electrons. The van der Waals surface area contributed by atoms with Crippen molar-refractivity contribution < 1.29 is 9.90 Å². The zero-order valence-electron chi connectivity index (χ0n) is 17.4. The van der Waals surface area contributed by atoms with Gasteiger partial charge in [0.2, 0.25) is 5.88 Å². The quantitative estimate of drug-likeness (QED) is 0.603. The highest BCUT2D eigenvalue weighted by molar-refractivity contribution is 5.99. The monoisotopic (exact) mass is 396 g/mol. The predicted molar refractivity (Wildman–Crippen MR) is 114 cm³/mol. The Morgan fingerprint density at radius 3 is 2.59 bits per heavy atom. The molecule has 0 aliphatic carbocycles. The van der Waals surface area contributed by atoms with Crippen molar-refractivity contribution in [2.75, 3.05) is 45.7 Å². The largest absolute Gasteiger partial charge is 0.492 e. The number of aromatic nitrogens is 3. The van der Waals surface area contributed by atoms with E-state index < -0.39 is 0 Å². The van der Waals surface area contributed by atoms with E-state index in [0.29, 0.717) is 29.1 Å². The zero-order chi connectivity index (χ0) is 21.0. The van der Waals surface area contributed by atoms with Gasteiger partial charge in [0.05, 0.1) is 11.9 Å². The summed E-state index contributed by atoms with van der Waals surface area (Å²) in [5.74, 6) is -0.270. The van der Waals surface area contributed by atoms with Crippen molar-refractivity contribution in [3.8, 4) is 5.88 Å². The Morgan fingerprint density at radius 2 is 1.90 bits per heavy atom. The lowest BCUT2D eigenvalue weighted by Crippen LogP contribution is -2.29. The lowest BCUT2D eigenvalue weighted by Gasteiger charge is -2.23. The molecule has 2 N–H and O–H groups in total. The molecular weight excluding hydrogens is 368 g/mol. The van der Waals surface area contributed by atoms with Gasteiger partial charge in [0, 0.05) is 26.7 Å². The van der Waals surface area contributed by atoms with Gasteiger partial charge in [-0.25, -0.2) is 4.98 Å². The SMILES string of the molecule is Cc1nc2c(C(=O)NCCc3ccccc3)cnn2c(O)c1N(C)CCN(C)C. The summed E-state index contributed by atoms with van der Waals surface area (Å²) in [6.07, 6.45) is 2.19. The van der Waals surface area contributed by atoms with Crippen molar-refractivity contribution in [3.05, 3.63) is 53.3 Å². The van der Waals surface area contributed by atoms with Gasteiger partial charge in [0.1, 0.15) is 11.3 Å². The van der Waals surface area contributed by atoms with E-state index in [4.69, 9.17) is 0 Å². The number of likely N-dealkylation sites (N-methyl/N-ethyl adjacent to an activating group) is 2. The molecule has 1 amide bonds. The van der Waals surface area contributed by atoms with Gasteiger partial charge in [-0.2, -0.15) is 9.61 Å². The molecule has 0 atom stereocenters. The molecule has 0 saturated carbocycles. The van der Waals surface area contributed by atoms with Crippen molar-refractivity contribution in [2.24, 2.45) is 0 Å². The zero-order valence-corrected chi connectivity index (χ0v) is 17.4. The van der Waals surface area contributed by atoms with E-state index in [1.54, 1.807) is 0 Å². The first-order valence-electron chi connectivity index (χ1n) is 9.63. The van der Waals surface area contributed by atoms with Crippen LogP contribution >= 0.6 is 0 Å². The summed E-state index contributed by atoms with van der Waals surface area (Å²) in [7, 11) is 5.90. The number of nitrogens with zero attached hydrogens (tertiary/aromatic N) is 5. The molecule has 8 heteroatoms. The van der Waals surface area contributed by atoms with Crippen LogP contribution in [-0.2, 0) is 6.42 Å². The second-order valence-corrected chi connectivity index (χ2v) is 7.38. The van der Waals surface area contributed by atoms with Crippen LogP contribution in [0.4, 0.5) is 5.69 Å². The average molecular weight is 396 g/mol. The first-order valence-corrected chi connectivity index (χ1v) is 9.63. The summed E-state index contributed by atoms with van der Waals surface area (Å²) < 4.78 is 1.32. The van der Waals surface area contributed by atoms with Crippen LogP contribution in [0.25, 0.3) is 5.65 Å². The molecule has 0 aliphatic heterocycles. The third-order valence-corrected chi connectivity index (χ3v) is 4.82. The number of fused-ring (bicyclic) bond motifs is 1. The lowest BCUT2D eigenvalue weighted by atomic mass is 10.1. The van der Waals surface area contributed by atoms with Crippen LogP contribution in [0.15, 0.2) is 36.5 Å². The average Bonchev–Trinajstić information content (AvgIpc) is 3.11. The number of aryl methyl sites for hydroxylation is 1. The van der Waals surface area contributed by atoms with Gasteiger partial charge in [-0.3, -0.25) is 4.79 Å². The summed E-state index contributed by atoms with van der Waals surface area (Å²) >= 11 is 0. The van der Waals surface area contributed by atoms with E-state index in [1.807, 2.05) is 63.3 Å². The number of anilines is 1. The molecule has 3 rings (SSSR count). The second kappa shape index (κ2) is 8.91. The molecule has 0 unspecified atom stereocenters. The molecule has 8 nitrogen and oxygen atoms in total. The number of nitrogens with one attached hydrogen (secondary N) is 1. The number of benzene rings is 1. The Kier molecular flexibility index (Phi) is 6.33. The van der Waals surface area contributed by atoms with Gasteiger partial charge >= 0.3 is 0 Å². The molecule has 0 aliphatic rings. The lowest BCUT2D eigenvalue weighted by molar-refractivity contribution is 0.0955. The van der Waals surface area contributed by atoms with Crippen LogP contribution < -0.4 is 10.2 Å². The molecule has 2 aromatic heterocycles. The van der Waals surface area contributed by atoms with E-state index in [-0.39, 0.29) is 11.8 Å². The third-order valence-electron chi connectivity index (χ3n) is 4.82. The molecule has 1 aromatic carbocycles. The van der Waals surface area contributed by atoms with Gasteiger partial charge in [-0.15, -0.1) is 0 Å². The maximum absolute atomic E-state index is 12.6. The van der Waals surface area contributed by atoms with Crippen LogP contribution in [0.3, 0.4) is 0 Å². The summed E-state index contributed by atoms with van der Waals surface area (Å²) in [5.41, 5.74) is 3.11. The van der Waals surface area contributed by atoms with E-state index >= 15 is 0 Å². The molecule has 29 heavy (non-hydrogen) atoms. The minimum absolute atomic E-state index is 0.0166. The van der Waals surface area contributed by atoms with Gasteiger partial charge in [0.25, 0.3) is 5.91 Å². The molecule has 0 spiro atoms. The molecule has 0 radical (unpaired) electrons. The summed E-state index contributed by atoms with van der Waals surface area (Å²) in [4.78, 5) is 21.2. The number of carbonyl (C=O) groups excluding carboxylic acids is 1. The Morgan fingerprint density at radius 1 is 1.17 bits per heavy atom. The number of amides is 1. The van der Waals surface area contributed by atoms with Gasteiger partial charge in [0.15, 0.2) is 5.65 Å². The van der Waals surface area contributed by atoms with E-state index in [0.717, 1.165) is 25.1 Å². The summed E-state index contributed by atoms with van der Waals surface area (Å²) in [6, 6.07) is 9.97. The highest BCUT2D eigenvalue weighted by atomic mass is 16.3. The van der Waals surface area contributed by atoms with Crippen molar-refractivity contribution >= 4 is 17.2 Å². The fourth-order valence-corrected chi connectivity index (χ4v) is 3.21. The van der Waals surface area contributed by atoms with Crippen molar-refractivity contribution in [2.45, 2.75) is 13.3 Å². The fourth-order valence-electron chi connectivity index (χ4n) is 3.21. The van der Waals surface area contributed by atoms with Gasteiger partial charge in [-0.1, -0.05) is 30.3 Å². The fraction of sp³-hybridized carbons (Fsp3) is 0.381. The second-order valence-electron chi connectivity index (χ2n) is 7.38. The first-order chi connectivity index (χ1) is 13.9. The van der Waals surface area contributed by atoms with Crippen LogP contribution in [0.5, 0.6) is 5.88 Å². The molecule has 0 fully saturated rings. The van der Waals surface area contributed by atoms with E-state index in [2.05, 4.69) is 20.3 Å². The highest BCUT2D eigenvalue weighted by Crippen LogP contribution is 2.30. The Balaban J connectivity index is 1.77. The van der Waals surface area contributed by atoms with E-state index in [1.165, 1.54) is 10.7 Å². The molecule has 2 heterocycles. The van der Waals surface area contributed by atoms with Crippen LogP contribution in [0, 0.1) is 6.92 Å². The molecule has 3 aromatic rings. The number of hydrogen-bond acceptors (Lipinski definition) is 6. The van der Waals surface area contributed by atoms with Crippen LogP contribution in [0.2, 0.25) is 0 Å². The summed E-state index contributed by atoms with van der Waals surface area (Å²) in [5, 5.41) is 17.9. The Hall–Kier alpha value is -3.13. The van der Waals surface area contributed by atoms with E-state index in [9.17, 15) is 9.90 Å². The van der Waals surface area contributed by atoms with Crippen molar-refractivity contribution in [1.29, 1.82) is 0 Å².